The molecule has 0 bridgehead atoms. The fourth-order valence-corrected chi connectivity index (χ4v) is 2.01. The van der Waals surface area contributed by atoms with Gasteiger partial charge in [0.05, 0.1) is 30.5 Å². The Morgan fingerprint density at radius 3 is 3.00 bits per heavy atom. The second kappa shape index (κ2) is 5.07. The van der Waals surface area contributed by atoms with Crippen molar-refractivity contribution in [1.82, 2.24) is 0 Å². The molecular weight excluding hydrogens is 232 g/mol. The molecule has 94 valence electrons. The average molecular weight is 246 g/mol. The summed E-state index contributed by atoms with van der Waals surface area (Å²) in [5.74, 6) is -1.45. The van der Waals surface area contributed by atoms with Crippen LogP contribution in [0.15, 0.2) is 18.2 Å². The number of anilines is 1. The van der Waals surface area contributed by atoms with Gasteiger partial charge in [-0.1, -0.05) is 6.07 Å². The summed E-state index contributed by atoms with van der Waals surface area (Å²) in [5.41, 5.74) is 2.19. The Hall–Kier alpha value is -2.06. The summed E-state index contributed by atoms with van der Waals surface area (Å²) in [6.07, 6.45) is 0. The van der Waals surface area contributed by atoms with E-state index in [-0.39, 0.29) is 12.6 Å². The molecule has 1 aliphatic rings. The lowest BCUT2D eigenvalue weighted by atomic mass is 10.0. The molecule has 0 radical (unpaired) electrons. The summed E-state index contributed by atoms with van der Waals surface area (Å²) < 4.78 is 5.18. The number of aliphatic carboxylic acids is 1. The van der Waals surface area contributed by atoms with Crippen LogP contribution in [0, 0.1) is 24.2 Å². The number of ether oxygens (including phenoxy) is 1. The number of benzene rings is 1. The Morgan fingerprint density at radius 1 is 1.56 bits per heavy atom. The molecule has 1 aromatic carbocycles. The standard InChI is InChI=1S/C13H14N2O3/c1-8-2-3-9(5-14)11(4-8)15-12-7-18-6-10(12)13(16)17/h2-4,10,12,15H,6-7H2,1H3,(H,16,17). The Labute approximate surface area is 105 Å². The third kappa shape index (κ3) is 2.44. The summed E-state index contributed by atoms with van der Waals surface area (Å²) in [6.45, 7) is 2.47. The maximum absolute atomic E-state index is 11.0. The minimum absolute atomic E-state index is 0.209. The molecule has 0 spiro atoms. The molecule has 1 fully saturated rings. The molecule has 0 amide bonds. The van der Waals surface area contributed by atoms with E-state index in [1.807, 2.05) is 19.1 Å². The second-order valence-electron chi connectivity index (χ2n) is 4.39. The van der Waals surface area contributed by atoms with Gasteiger partial charge in [-0.3, -0.25) is 4.79 Å². The number of nitrogens with zero attached hydrogens (tertiary/aromatic N) is 1. The molecule has 1 saturated heterocycles. The SMILES string of the molecule is Cc1ccc(C#N)c(NC2COCC2C(=O)O)c1. The van der Waals surface area contributed by atoms with Crippen molar-refractivity contribution in [3.63, 3.8) is 0 Å². The van der Waals surface area contributed by atoms with E-state index in [0.717, 1.165) is 5.56 Å². The van der Waals surface area contributed by atoms with Gasteiger partial charge >= 0.3 is 5.97 Å². The zero-order valence-electron chi connectivity index (χ0n) is 10.0. The Morgan fingerprint density at radius 2 is 2.33 bits per heavy atom. The highest BCUT2D eigenvalue weighted by atomic mass is 16.5. The molecule has 2 N–H and O–H groups in total. The summed E-state index contributed by atoms with van der Waals surface area (Å²) in [7, 11) is 0. The van der Waals surface area contributed by atoms with E-state index < -0.39 is 11.9 Å². The number of aryl methyl sites for hydroxylation is 1. The number of nitrogens with one attached hydrogen (secondary N) is 1. The fourth-order valence-electron chi connectivity index (χ4n) is 2.01. The molecule has 2 atom stereocenters. The van der Waals surface area contributed by atoms with Crippen LogP contribution in [0.25, 0.3) is 0 Å². The van der Waals surface area contributed by atoms with Gasteiger partial charge in [-0.05, 0) is 24.6 Å². The number of hydrogen-bond acceptors (Lipinski definition) is 4. The van der Waals surface area contributed by atoms with Gasteiger partial charge in [0, 0.05) is 0 Å². The molecule has 0 aliphatic carbocycles. The number of rotatable bonds is 3. The van der Waals surface area contributed by atoms with Crippen molar-refractivity contribution in [1.29, 1.82) is 5.26 Å². The van der Waals surface area contributed by atoms with E-state index in [1.54, 1.807) is 6.07 Å². The lowest BCUT2D eigenvalue weighted by molar-refractivity contribution is -0.141. The zero-order valence-corrected chi connectivity index (χ0v) is 10.0. The van der Waals surface area contributed by atoms with E-state index in [9.17, 15) is 4.79 Å². The fraction of sp³-hybridized carbons (Fsp3) is 0.385. The van der Waals surface area contributed by atoms with Crippen molar-refractivity contribution in [2.24, 2.45) is 5.92 Å². The van der Waals surface area contributed by atoms with Crippen molar-refractivity contribution in [2.45, 2.75) is 13.0 Å². The quantitative estimate of drug-likeness (QED) is 0.841. The third-order valence-electron chi connectivity index (χ3n) is 3.03. The van der Waals surface area contributed by atoms with Gasteiger partial charge in [-0.2, -0.15) is 5.26 Å². The first-order valence-electron chi connectivity index (χ1n) is 5.69. The van der Waals surface area contributed by atoms with Crippen LogP contribution in [0.1, 0.15) is 11.1 Å². The van der Waals surface area contributed by atoms with Gasteiger partial charge in [0.15, 0.2) is 0 Å². The Balaban J connectivity index is 2.21. The predicted octanol–water partition coefficient (Wildman–Crippen LogP) is 1.38. The molecule has 1 aliphatic heterocycles. The van der Waals surface area contributed by atoms with Gasteiger partial charge in [0.1, 0.15) is 12.0 Å². The van der Waals surface area contributed by atoms with Crippen LogP contribution < -0.4 is 5.32 Å². The molecule has 0 aromatic heterocycles. The van der Waals surface area contributed by atoms with Gasteiger partial charge in [0.25, 0.3) is 0 Å². The summed E-state index contributed by atoms with van der Waals surface area (Å²) >= 11 is 0. The minimum Gasteiger partial charge on any atom is -0.481 e. The van der Waals surface area contributed by atoms with Gasteiger partial charge in [-0.15, -0.1) is 0 Å². The molecule has 5 nitrogen and oxygen atoms in total. The topological polar surface area (TPSA) is 82.3 Å². The maximum atomic E-state index is 11.0. The molecule has 2 unspecified atom stereocenters. The highest BCUT2D eigenvalue weighted by Crippen LogP contribution is 2.23. The molecular formula is C13H14N2O3. The van der Waals surface area contributed by atoms with Crippen molar-refractivity contribution < 1.29 is 14.6 Å². The van der Waals surface area contributed by atoms with Crippen molar-refractivity contribution >= 4 is 11.7 Å². The first kappa shape index (κ1) is 12.4. The molecule has 2 rings (SSSR count). The molecule has 1 heterocycles. The van der Waals surface area contributed by atoms with Crippen LogP contribution in [0.3, 0.4) is 0 Å². The summed E-state index contributed by atoms with van der Waals surface area (Å²) in [4.78, 5) is 11.0. The molecule has 18 heavy (non-hydrogen) atoms. The highest BCUT2D eigenvalue weighted by Gasteiger charge is 2.34. The first-order chi connectivity index (χ1) is 8.61. The Kier molecular flexibility index (Phi) is 3.49. The van der Waals surface area contributed by atoms with Crippen molar-refractivity contribution in [3.05, 3.63) is 29.3 Å². The molecule has 0 saturated carbocycles. The van der Waals surface area contributed by atoms with Gasteiger partial charge in [0.2, 0.25) is 0 Å². The Bertz CT molecular complexity index is 507. The number of carboxylic acid groups (broad SMARTS) is 1. The normalized spacial score (nSPS) is 22.4. The first-order valence-corrected chi connectivity index (χ1v) is 5.69. The second-order valence-corrected chi connectivity index (χ2v) is 4.39. The van der Waals surface area contributed by atoms with E-state index in [0.29, 0.717) is 17.9 Å². The predicted molar refractivity (Wildman–Crippen MR) is 65.2 cm³/mol. The largest absolute Gasteiger partial charge is 0.481 e. The maximum Gasteiger partial charge on any atom is 0.311 e. The summed E-state index contributed by atoms with van der Waals surface area (Å²) in [6, 6.07) is 7.21. The third-order valence-corrected chi connectivity index (χ3v) is 3.03. The lowest BCUT2D eigenvalue weighted by Crippen LogP contribution is -2.33. The molecule has 5 heteroatoms. The van der Waals surface area contributed by atoms with Gasteiger partial charge < -0.3 is 15.2 Å². The van der Waals surface area contributed by atoms with Crippen molar-refractivity contribution in [3.8, 4) is 6.07 Å². The molecule has 1 aromatic rings. The summed E-state index contributed by atoms with van der Waals surface area (Å²) in [5, 5.41) is 21.2. The van der Waals surface area contributed by atoms with Gasteiger partial charge in [-0.25, -0.2) is 0 Å². The van der Waals surface area contributed by atoms with E-state index in [1.165, 1.54) is 0 Å². The van der Waals surface area contributed by atoms with Crippen LogP contribution >= 0.6 is 0 Å². The minimum atomic E-state index is -0.879. The number of nitriles is 1. The number of carboxylic acids is 1. The number of carbonyl (C=O) groups is 1. The van der Waals surface area contributed by atoms with E-state index >= 15 is 0 Å². The monoisotopic (exact) mass is 246 g/mol. The van der Waals surface area contributed by atoms with Crippen molar-refractivity contribution in [2.75, 3.05) is 18.5 Å². The van der Waals surface area contributed by atoms with Crippen LogP contribution in [0.4, 0.5) is 5.69 Å². The number of hydrogen-bond donors (Lipinski definition) is 2. The van der Waals surface area contributed by atoms with Crippen LogP contribution in [-0.4, -0.2) is 30.3 Å². The zero-order chi connectivity index (χ0) is 13.1. The van der Waals surface area contributed by atoms with Crippen LogP contribution in [0.5, 0.6) is 0 Å². The van der Waals surface area contributed by atoms with Crippen LogP contribution in [-0.2, 0) is 9.53 Å². The van der Waals surface area contributed by atoms with E-state index in [4.69, 9.17) is 15.1 Å². The highest BCUT2D eigenvalue weighted by molar-refractivity contribution is 5.72. The van der Waals surface area contributed by atoms with Crippen LogP contribution in [0.2, 0.25) is 0 Å². The smallest absolute Gasteiger partial charge is 0.311 e. The average Bonchev–Trinajstić information content (AvgIpc) is 2.77. The van der Waals surface area contributed by atoms with E-state index in [2.05, 4.69) is 11.4 Å². The lowest BCUT2D eigenvalue weighted by Gasteiger charge is -2.18.